The third kappa shape index (κ3) is 4.36. The third-order valence-corrected chi connectivity index (χ3v) is 3.48. The van der Waals surface area contributed by atoms with E-state index in [1.807, 2.05) is 6.92 Å². The number of aryl methyl sites for hydroxylation is 1. The number of hydrogen-bond acceptors (Lipinski definition) is 4. The lowest BCUT2D eigenvalue weighted by atomic mass is 10.1. The minimum absolute atomic E-state index is 0.290. The zero-order valence-electron chi connectivity index (χ0n) is 13.2. The fraction of sp³-hybridized carbons (Fsp3) is 0.111. The van der Waals surface area contributed by atoms with Crippen molar-refractivity contribution < 1.29 is 19.4 Å². The topological polar surface area (TPSA) is 75.6 Å². The molecule has 2 rings (SSSR count). The first-order valence-electron chi connectivity index (χ1n) is 7.07. The molecule has 5 nitrogen and oxygen atoms in total. The molecule has 2 aromatic rings. The van der Waals surface area contributed by atoms with Gasteiger partial charge in [-0.25, -0.2) is 0 Å². The SMILES string of the molecule is COc1ccc(Cl)cc1NC(=O)/C(O)=C/C(=O)c1ccc(C)cc1. The van der Waals surface area contributed by atoms with Crippen LogP contribution in [0.25, 0.3) is 0 Å². The lowest BCUT2D eigenvalue weighted by Crippen LogP contribution is -2.16. The number of ketones is 1. The summed E-state index contributed by atoms with van der Waals surface area (Å²) in [4.78, 5) is 24.1. The maximum atomic E-state index is 12.0. The molecular formula is C18H16ClNO4. The first kappa shape index (κ1) is 17.6. The molecule has 0 radical (unpaired) electrons. The lowest BCUT2D eigenvalue weighted by molar-refractivity contribution is -0.115. The second kappa shape index (κ2) is 7.66. The molecule has 0 saturated heterocycles. The molecule has 124 valence electrons. The van der Waals surface area contributed by atoms with Crippen molar-refractivity contribution in [3.8, 4) is 5.75 Å². The Morgan fingerprint density at radius 3 is 2.46 bits per heavy atom. The van der Waals surface area contributed by atoms with Crippen molar-refractivity contribution in [3.05, 3.63) is 70.4 Å². The first-order chi connectivity index (χ1) is 11.4. The van der Waals surface area contributed by atoms with Gasteiger partial charge >= 0.3 is 0 Å². The van der Waals surface area contributed by atoms with E-state index in [2.05, 4.69) is 5.32 Å². The van der Waals surface area contributed by atoms with Gasteiger partial charge in [-0.3, -0.25) is 9.59 Å². The zero-order valence-corrected chi connectivity index (χ0v) is 13.9. The molecule has 0 atom stereocenters. The number of allylic oxidation sites excluding steroid dienone is 1. The summed E-state index contributed by atoms with van der Waals surface area (Å²) in [6.07, 6.45) is 0.872. The number of aliphatic hydroxyl groups excluding tert-OH is 1. The van der Waals surface area contributed by atoms with Gasteiger partial charge in [-0.1, -0.05) is 41.4 Å². The van der Waals surface area contributed by atoms with E-state index >= 15 is 0 Å². The van der Waals surface area contributed by atoms with Crippen LogP contribution in [0.4, 0.5) is 5.69 Å². The van der Waals surface area contributed by atoms with Crippen LogP contribution in [0.1, 0.15) is 15.9 Å². The minimum atomic E-state index is -0.837. The summed E-state index contributed by atoms with van der Waals surface area (Å²) in [5.74, 6) is -1.63. The summed E-state index contributed by atoms with van der Waals surface area (Å²) >= 11 is 5.88. The zero-order chi connectivity index (χ0) is 17.7. The van der Waals surface area contributed by atoms with Crippen LogP contribution in [0, 0.1) is 6.92 Å². The number of nitrogens with one attached hydrogen (secondary N) is 1. The molecule has 0 heterocycles. The third-order valence-electron chi connectivity index (χ3n) is 3.25. The van der Waals surface area contributed by atoms with E-state index < -0.39 is 17.4 Å². The minimum Gasteiger partial charge on any atom is -0.503 e. The van der Waals surface area contributed by atoms with Crippen molar-refractivity contribution in [2.45, 2.75) is 6.92 Å². The highest BCUT2D eigenvalue weighted by Crippen LogP contribution is 2.27. The number of hydrogen-bond donors (Lipinski definition) is 2. The molecule has 1 amide bonds. The predicted molar refractivity (Wildman–Crippen MR) is 92.9 cm³/mol. The molecule has 6 heteroatoms. The summed E-state index contributed by atoms with van der Waals surface area (Å²) in [7, 11) is 1.44. The maximum absolute atomic E-state index is 12.0. The van der Waals surface area contributed by atoms with Gasteiger partial charge in [0.05, 0.1) is 12.8 Å². The van der Waals surface area contributed by atoms with Gasteiger partial charge < -0.3 is 15.2 Å². The van der Waals surface area contributed by atoms with Crippen LogP contribution in [0.15, 0.2) is 54.3 Å². The van der Waals surface area contributed by atoms with E-state index in [-0.39, 0.29) is 5.69 Å². The Balaban J connectivity index is 2.15. The highest BCUT2D eigenvalue weighted by molar-refractivity contribution is 6.31. The molecule has 2 aromatic carbocycles. The van der Waals surface area contributed by atoms with E-state index in [9.17, 15) is 14.7 Å². The van der Waals surface area contributed by atoms with E-state index in [0.29, 0.717) is 16.3 Å². The second-order valence-corrected chi connectivity index (χ2v) is 5.50. The Labute approximate surface area is 144 Å². The quantitative estimate of drug-likeness (QED) is 0.489. The van der Waals surface area contributed by atoms with Gasteiger partial charge in [-0.05, 0) is 25.1 Å². The van der Waals surface area contributed by atoms with Gasteiger partial charge in [0.2, 0.25) is 0 Å². The van der Waals surface area contributed by atoms with Crippen molar-refractivity contribution in [2.24, 2.45) is 0 Å². The van der Waals surface area contributed by atoms with Crippen molar-refractivity contribution in [2.75, 3.05) is 12.4 Å². The molecule has 0 aliphatic carbocycles. The molecule has 0 aliphatic heterocycles. The van der Waals surface area contributed by atoms with Crippen molar-refractivity contribution in [3.63, 3.8) is 0 Å². The number of anilines is 1. The maximum Gasteiger partial charge on any atom is 0.290 e. The Hall–Kier alpha value is -2.79. The molecule has 0 unspecified atom stereocenters. The van der Waals surface area contributed by atoms with E-state index in [4.69, 9.17) is 16.3 Å². The summed E-state index contributed by atoms with van der Waals surface area (Å²) < 4.78 is 5.10. The fourth-order valence-electron chi connectivity index (χ4n) is 1.96. The number of methoxy groups -OCH3 is 1. The molecular weight excluding hydrogens is 330 g/mol. The summed E-state index contributed by atoms with van der Waals surface area (Å²) in [6, 6.07) is 11.5. The van der Waals surface area contributed by atoms with Crippen LogP contribution in [0.2, 0.25) is 5.02 Å². The van der Waals surface area contributed by atoms with Crippen LogP contribution in [0.3, 0.4) is 0 Å². The summed E-state index contributed by atoms with van der Waals surface area (Å²) in [5, 5.41) is 12.7. The Kier molecular flexibility index (Phi) is 5.60. The smallest absolute Gasteiger partial charge is 0.290 e. The normalized spacial score (nSPS) is 11.0. The number of carbonyl (C=O) groups excluding carboxylic acids is 2. The Bertz CT molecular complexity index is 797. The van der Waals surface area contributed by atoms with Crippen LogP contribution in [-0.2, 0) is 4.79 Å². The monoisotopic (exact) mass is 345 g/mol. The van der Waals surface area contributed by atoms with Crippen molar-refractivity contribution >= 4 is 29.0 Å². The summed E-state index contributed by atoms with van der Waals surface area (Å²) in [5.41, 5.74) is 1.67. The number of ether oxygens (including phenoxy) is 1. The second-order valence-electron chi connectivity index (χ2n) is 5.06. The van der Waals surface area contributed by atoms with E-state index in [1.165, 1.54) is 13.2 Å². The molecule has 0 spiro atoms. The number of amides is 1. The molecule has 0 aliphatic rings. The molecule has 0 aromatic heterocycles. The van der Waals surface area contributed by atoms with Crippen molar-refractivity contribution in [1.82, 2.24) is 0 Å². The molecule has 0 bridgehead atoms. The van der Waals surface area contributed by atoms with Crippen LogP contribution in [0.5, 0.6) is 5.75 Å². The predicted octanol–water partition coefficient (Wildman–Crippen LogP) is 3.92. The first-order valence-corrected chi connectivity index (χ1v) is 7.45. The highest BCUT2D eigenvalue weighted by atomic mass is 35.5. The van der Waals surface area contributed by atoms with E-state index in [0.717, 1.165) is 11.6 Å². The Morgan fingerprint density at radius 1 is 1.17 bits per heavy atom. The van der Waals surface area contributed by atoms with Crippen molar-refractivity contribution in [1.29, 1.82) is 0 Å². The van der Waals surface area contributed by atoms with Gasteiger partial charge in [0, 0.05) is 16.7 Å². The Morgan fingerprint density at radius 2 is 1.83 bits per heavy atom. The largest absolute Gasteiger partial charge is 0.503 e. The molecule has 2 N–H and O–H groups in total. The van der Waals surface area contributed by atoms with Crippen LogP contribution >= 0.6 is 11.6 Å². The van der Waals surface area contributed by atoms with Gasteiger partial charge in [0.15, 0.2) is 11.5 Å². The van der Waals surface area contributed by atoms with Gasteiger partial charge in [-0.2, -0.15) is 0 Å². The number of benzene rings is 2. The fourth-order valence-corrected chi connectivity index (χ4v) is 2.13. The average Bonchev–Trinajstić information content (AvgIpc) is 2.55. The lowest BCUT2D eigenvalue weighted by Gasteiger charge is -2.10. The highest BCUT2D eigenvalue weighted by Gasteiger charge is 2.14. The standard InChI is InChI=1S/C18H16ClNO4/c1-11-3-5-12(6-4-11)15(21)10-16(22)18(23)20-14-9-13(19)7-8-17(14)24-2/h3-10,22H,1-2H3,(H,20,23)/b16-10-. The molecule has 0 saturated carbocycles. The van der Waals surface area contributed by atoms with Gasteiger partial charge in [0.1, 0.15) is 5.75 Å². The van der Waals surface area contributed by atoms with Gasteiger partial charge in [0.25, 0.3) is 5.91 Å². The summed E-state index contributed by atoms with van der Waals surface area (Å²) in [6.45, 7) is 1.90. The molecule has 24 heavy (non-hydrogen) atoms. The van der Waals surface area contributed by atoms with Gasteiger partial charge in [-0.15, -0.1) is 0 Å². The van der Waals surface area contributed by atoms with E-state index in [1.54, 1.807) is 36.4 Å². The number of aliphatic hydroxyl groups is 1. The number of carbonyl (C=O) groups is 2. The van der Waals surface area contributed by atoms with Crippen LogP contribution < -0.4 is 10.1 Å². The number of halogens is 1. The van der Waals surface area contributed by atoms with Crippen LogP contribution in [-0.4, -0.2) is 23.9 Å². The number of rotatable bonds is 5. The molecule has 0 fully saturated rings. The average molecular weight is 346 g/mol.